The molecule has 0 aliphatic rings. The summed E-state index contributed by atoms with van der Waals surface area (Å²) in [5, 5.41) is 10.7. The number of anilines is 1. The van der Waals surface area contributed by atoms with Gasteiger partial charge in [0, 0.05) is 6.04 Å². The predicted octanol–water partition coefficient (Wildman–Crippen LogP) is 0.669. The molecule has 4 N–H and O–H groups in total. The Balaban J connectivity index is 2.88. The van der Waals surface area contributed by atoms with E-state index < -0.39 is 10.0 Å². The van der Waals surface area contributed by atoms with Gasteiger partial charge in [0.15, 0.2) is 0 Å². The van der Waals surface area contributed by atoms with Gasteiger partial charge < -0.3 is 15.4 Å². The minimum absolute atomic E-state index is 0.0894. The number of hydrogen-bond donors (Lipinski definition) is 3. The van der Waals surface area contributed by atoms with Crippen molar-refractivity contribution in [2.24, 2.45) is 5.14 Å². The molecule has 1 atom stereocenters. The second-order valence-electron chi connectivity index (χ2n) is 4.65. The summed E-state index contributed by atoms with van der Waals surface area (Å²) in [4.78, 5) is 11.8. The molecule has 7 nitrogen and oxygen atoms in total. The fourth-order valence-corrected chi connectivity index (χ4v) is 2.11. The molecule has 0 spiro atoms. The molecule has 1 amide bonds. The minimum Gasteiger partial charge on any atom is -0.495 e. The Bertz CT molecular complexity index is 601. The van der Waals surface area contributed by atoms with Crippen LogP contribution in [-0.2, 0) is 14.8 Å². The summed E-state index contributed by atoms with van der Waals surface area (Å²) in [6, 6.07) is 4.25. The number of methoxy groups -OCH3 is 1. The highest BCUT2D eigenvalue weighted by Gasteiger charge is 2.14. The first-order valence-corrected chi connectivity index (χ1v) is 8.06. The van der Waals surface area contributed by atoms with Crippen LogP contribution in [0.2, 0.25) is 0 Å². The molecule has 0 aromatic heterocycles. The number of sulfonamides is 1. The van der Waals surface area contributed by atoms with E-state index in [2.05, 4.69) is 10.6 Å². The summed E-state index contributed by atoms with van der Waals surface area (Å²) in [6.07, 6.45) is 0.900. The van der Waals surface area contributed by atoms with Gasteiger partial charge >= 0.3 is 0 Å². The summed E-state index contributed by atoms with van der Waals surface area (Å²) in [7, 11) is -2.41. The van der Waals surface area contributed by atoms with Crippen molar-refractivity contribution in [1.82, 2.24) is 5.32 Å². The van der Waals surface area contributed by atoms with Gasteiger partial charge in [-0.15, -0.1) is 0 Å². The Hall–Kier alpha value is -1.64. The molecular weight excluding hydrogens is 294 g/mol. The molecule has 0 saturated heterocycles. The van der Waals surface area contributed by atoms with Crippen molar-refractivity contribution in [2.75, 3.05) is 19.0 Å². The number of ether oxygens (including phenoxy) is 1. The van der Waals surface area contributed by atoms with E-state index in [0.29, 0.717) is 5.75 Å². The third kappa shape index (κ3) is 5.33. The maximum absolute atomic E-state index is 11.9. The minimum atomic E-state index is -3.84. The normalized spacial score (nSPS) is 12.8. The molecule has 0 heterocycles. The standard InChI is InChI=1S/C13H21N3O4S/c1-4-9(2)15-8-13(17)16-11-7-10(21(14,18)19)5-6-12(11)20-3/h5-7,9,15H,4,8H2,1-3H3,(H,16,17)(H2,14,18,19). The van der Waals surface area contributed by atoms with Crippen molar-refractivity contribution in [3.05, 3.63) is 18.2 Å². The predicted molar refractivity (Wildman–Crippen MR) is 80.8 cm³/mol. The van der Waals surface area contributed by atoms with Crippen LogP contribution in [-0.4, -0.2) is 34.0 Å². The van der Waals surface area contributed by atoms with E-state index >= 15 is 0 Å². The smallest absolute Gasteiger partial charge is 0.238 e. The topological polar surface area (TPSA) is 111 Å². The van der Waals surface area contributed by atoms with Crippen molar-refractivity contribution in [1.29, 1.82) is 0 Å². The summed E-state index contributed by atoms with van der Waals surface area (Å²) in [6.45, 7) is 4.10. The van der Waals surface area contributed by atoms with Gasteiger partial charge in [-0.1, -0.05) is 6.92 Å². The Kier molecular flexibility index (Phi) is 6.13. The highest BCUT2D eigenvalue weighted by Crippen LogP contribution is 2.26. The Morgan fingerprint density at radius 3 is 2.62 bits per heavy atom. The van der Waals surface area contributed by atoms with Crippen molar-refractivity contribution >= 4 is 21.6 Å². The first-order valence-electron chi connectivity index (χ1n) is 6.52. The second-order valence-corrected chi connectivity index (χ2v) is 6.21. The van der Waals surface area contributed by atoms with E-state index in [1.165, 1.54) is 25.3 Å². The first-order chi connectivity index (χ1) is 9.77. The number of benzene rings is 1. The molecular formula is C13H21N3O4S. The Morgan fingerprint density at radius 2 is 2.10 bits per heavy atom. The first kappa shape index (κ1) is 17.4. The quantitative estimate of drug-likeness (QED) is 0.685. The molecule has 0 radical (unpaired) electrons. The van der Waals surface area contributed by atoms with Crippen LogP contribution in [0.25, 0.3) is 0 Å². The van der Waals surface area contributed by atoms with Crippen LogP contribution < -0.4 is 20.5 Å². The van der Waals surface area contributed by atoms with Crippen molar-refractivity contribution in [3.63, 3.8) is 0 Å². The molecule has 1 rings (SSSR count). The fraction of sp³-hybridized carbons (Fsp3) is 0.462. The summed E-state index contributed by atoms with van der Waals surface area (Å²) >= 11 is 0. The zero-order valence-corrected chi connectivity index (χ0v) is 13.2. The number of nitrogens with one attached hydrogen (secondary N) is 2. The molecule has 118 valence electrons. The highest BCUT2D eigenvalue weighted by atomic mass is 32.2. The number of carbonyl (C=O) groups is 1. The largest absolute Gasteiger partial charge is 0.495 e. The third-order valence-electron chi connectivity index (χ3n) is 3.00. The number of carbonyl (C=O) groups excluding carboxylic acids is 1. The molecule has 8 heteroatoms. The lowest BCUT2D eigenvalue weighted by molar-refractivity contribution is -0.115. The van der Waals surface area contributed by atoms with Gasteiger partial charge in [0.25, 0.3) is 0 Å². The molecule has 1 aromatic carbocycles. The number of primary sulfonamides is 1. The molecule has 0 bridgehead atoms. The molecule has 1 aromatic rings. The van der Waals surface area contributed by atoms with Crippen LogP contribution in [0, 0.1) is 0 Å². The molecule has 0 aliphatic carbocycles. The Labute approximate surface area is 124 Å². The van der Waals surface area contributed by atoms with Gasteiger partial charge in [0.05, 0.1) is 24.2 Å². The van der Waals surface area contributed by atoms with Gasteiger partial charge in [-0.05, 0) is 31.5 Å². The molecule has 21 heavy (non-hydrogen) atoms. The summed E-state index contributed by atoms with van der Waals surface area (Å²) in [5.74, 6) is 0.0689. The number of hydrogen-bond acceptors (Lipinski definition) is 5. The maximum Gasteiger partial charge on any atom is 0.238 e. The van der Waals surface area contributed by atoms with Crippen LogP contribution in [0.4, 0.5) is 5.69 Å². The maximum atomic E-state index is 11.9. The lowest BCUT2D eigenvalue weighted by Gasteiger charge is -2.14. The van der Waals surface area contributed by atoms with E-state index in [0.717, 1.165) is 6.42 Å². The van der Waals surface area contributed by atoms with E-state index in [-0.39, 0.29) is 29.1 Å². The number of rotatable bonds is 7. The average molecular weight is 315 g/mol. The zero-order chi connectivity index (χ0) is 16.0. The van der Waals surface area contributed by atoms with E-state index in [4.69, 9.17) is 9.88 Å². The number of amides is 1. The average Bonchev–Trinajstić information content (AvgIpc) is 2.43. The van der Waals surface area contributed by atoms with Crippen LogP contribution in [0.15, 0.2) is 23.1 Å². The van der Waals surface area contributed by atoms with Crippen LogP contribution in [0.3, 0.4) is 0 Å². The van der Waals surface area contributed by atoms with Gasteiger partial charge in [-0.25, -0.2) is 13.6 Å². The van der Waals surface area contributed by atoms with Crippen molar-refractivity contribution < 1.29 is 17.9 Å². The van der Waals surface area contributed by atoms with E-state index in [9.17, 15) is 13.2 Å². The zero-order valence-electron chi connectivity index (χ0n) is 12.3. The van der Waals surface area contributed by atoms with Gasteiger partial charge in [-0.2, -0.15) is 0 Å². The van der Waals surface area contributed by atoms with Gasteiger partial charge in [0.1, 0.15) is 5.75 Å². The monoisotopic (exact) mass is 315 g/mol. The van der Waals surface area contributed by atoms with E-state index in [1.54, 1.807) is 0 Å². The number of nitrogens with two attached hydrogens (primary N) is 1. The lowest BCUT2D eigenvalue weighted by atomic mass is 10.2. The van der Waals surface area contributed by atoms with Crippen molar-refractivity contribution in [3.8, 4) is 5.75 Å². The SMILES string of the molecule is CCC(C)NCC(=O)Nc1cc(S(N)(=O)=O)ccc1OC. The van der Waals surface area contributed by atoms with Crippen LogP contribution in [0.5, 0.6) is 5.75 Å². The van der Waals surface area contributed by atoms with E-state index in [1.807, 2.05) is 13.8 Å². The second kappa shape index (κ2) is 7.39. The molecule has 0 aliphatic heterocycles. The van der Waals surface area contributed by atoms with Gasteiger partial charge in [-0.3, -0.25) is 4.79 Å². The fourth-order valence-electron chi connectivity index (χ4n) is 1.57. The third-order valence-corrected chi connectivity index (χ3v) is 3.91. The van der Waals surface area contributed by atoms with Crippen LogP contribution >= 0.6 is 0 Å². The highest BCUT2D eigenvalue weighted by molar-refractivity contribution is 7.89. The molecule has 1 unspecified atom stereocenters. The van der Waals surface area contributed by atoms with Crippen molar-refractivity contribution in [2.45, 2.75) is 31.2 Å². The molecule has 0 fully saturated rings. The molecule has 0 saturated carbocycles. The summed E-state index contributed by atoms with van der Waals surface area (Å²) in [5.41, 5.74) is 0.264. The van der Waals surface area contributed by atoms with Gasteiger partial charge in [0.2, 0.25) is 15.9 Å². The Morgan fingerprint density at radius 1 is 1.43 bits per heavy atom. The van der Waals surface area contributed by atoms with Crippen LogP contribution in [0.1, 0.15) is 20.3 Å². The summed E-state index contributed by atoms with van der Waals surface area (Å²) < 4.78 is 27.8. The lowest BCUT2D eigenvalue weighted by Crippen LogP contribution is -2.34.